The van der Waals surface area contributed by atoms with Gasteiger partial charge in [-0.2, -0.15) is 0 Å². The molecule has 7 nitrogen and oxygen atoms in total. The first-order valence-electron chi connectivity index (χ1n) is 7.48. The van der Waals surface area contributed by atoms with Gasteiger partial charge in [-0.25, -0.2) is 4.79 Å². The summed E-state index contributed by atoms with van der Waals surface area (Å²) < 4.78 is 10.7. The Hall–Kier alpha value is -2.71. The number of urea groups is 1. The van der Waals surface area contributed by atoms with Crippen LogP contribution in [0.15, 0.2) is 51.8 Å². The van der Waals surface area contributed by atoms with Crippen molar-refractivity contribution in [3.8, 4) is 17.2 Å². The second kappa shape index (κ2) is 8.11. The molecule has 2 amide bonds. The van der Waals surface area contributed by atoms with Gasteiger partial charge < -0.3 is 14.5 Å². The third kappa shape index (κ3) is 4.27. The minimum absolute atomic E-state index is 0.0203. The average molecular weight is 391 g/mol. The number of hydrogen-bond donors (Lipinski definition) is 2. The summed E-state index contributed by atoms with van der Waals surface area (Å²) in [4.78, 5) is 13.2. The molecule has 0 saturated carbocycles. The number of amides is 2. The highest BCUT2D eigenvalue weighted by atomic mass is 35.5. The van der Waals surface area contributed by atoms with Gasteiger partial charge in [0.15, 0.2) is 0 Å². The predicted molar refractivity (Wildman–Crippen MR) is 102 cm³/mol. The molecule has 0 unspecified atom stereocenters. The molecule has 26 heavy (non-hydrogen) atoms. The van der Waals surface area contributed by atoms with E-state index in [1.165, 1.54) is 7.11 Å². The minimum atomic E-state index is -0.557. The van der Waals surface area contributed by atoms with E-state index < -0.39 is 6.03 Å². The van der Waals surface area contributed by atoms with Gasteiger partial charge in [0, 0.05) is 15.5 Å². The maximum atomic E-state index is 12.2. The van der Waals surface area contributed by atoms with Gasteiger partial charge in [-0.05, 0) is 42.7 Å². The van der Waals surface area contributed by atoms with Crippen LogP contribution in [-0.4, -0.2) is 29.6 Å². The van der Waals surface area contributed by atoms with Crippen molar-refractivity contribution < 1.29 is 13.9 Å². The quantitative estimate of drug-likeness (QED) is 0.610. The minimum Gasteiger partial charge on any atom is -0.495 e. The van der Waals surface area contributed by atoms with Crippen molar-refractivity contribution in [2.45, 2.75) is 4.90 Å². The molecule has 3 rings (SSSR count). The Bertz CT molecular complexity index is 932. The first kappa shape index (κ1) is 18.1. The Morgan fingerprint density at radius 1 is 1.19 bits per heavy atom. The highest BCUT2D eigenvalue weighted by Gasteiger charge is 2.13. The Kier molecular flexibility index (Phi) is 5.65. The van der Waals surface area contributed by atoms with E-state index in [0.717, 1.165) is 10.5 Å². The molecule has 2 N–H and O–H groups in total. The number of hydrogen-bond acceptors (Lipinski definition) is 6. The first-order chi connectivity index (χ1) is 12.6. The lowest BCUT2D eigenvalue weighted by molar-refractivity contribution is 0.261. The molecule has 1 aromatic heterocycles. The zero-order chi connectivity index (χ0) is 18.5. The summed E-state index contributed by atoms with van der Waals surface area (Å²) in [5.41, 5.74) is 1.19. The number of nitrogens with one attached hydrogen (secondary N) is 2. The van der Waals surface area contributed by atoms with Crippen molar-refractivity contribution in [2.75, 3.05) is 24.0 Å². The zero-order valence-corrected chi connectivity index (χ0v) is 15.5. The number of thioether (sulfide) groups is 1. The summed E-state index contributed by atoms with van der Waals surface area (Å²) in [6, 6.07) is 12.0. The number of anilines is 2. The molecule has 1 heterocycles. The van der Waals surface area contributed by atoms with Gasteiger partial charge in [0.05, 0.1) is 12.8 Å². The first-order valence-corrected chi connectivity index (χ1v) is 9.09. The Morgan fingerprint density at radius 3 is 2.81 bits per heavy atom. The third-order valence-corrected chi connectivity index (χ3v) is 4.33. The molecule has 0 saturated heterocycles. The van der Waals surface area contributed by atoms with Gasteiger partial charge in [-0.3, -0.25) is 5.32 Å². The van der Waals surface area contributed by atoms with Gasteiger partial charge in [-0.1, -0.05) is 22.8 Å². The van der Waals surface area contributed by atoms with Crippen molar-refractivity contribution in [1.82, 2.24) is 10.2 Å². The fourth-order valence-corrected chi connectivity index (χ4v) is 2.81. The van der Waals surface area contributed by atoms with Crippen molar-refractivity contribution in [3.63, 3.8) is 0 Å². The maximum Gasteiger partial charge on any atom is 0.327 e. The van der Waals surface area contributed by atoms with Crippen molar-refractivity contribution in [3.05, 3.63) is 47.5 Å². The number of carbonyl (C=O) groups is 1. The molecular formula is C17H15ClN4O3S. The van der Waals surface area contributed by atoms with Gasteiger partial charge in [0.2, 0.25) is 5.89 Å². The lowest BCUT2D eigenvalue weighted by Gasteiger charge is -2.10. The van der Waals surface area contributed by atoms with E-state index in [4.69, 9.17) is 20.8 Å². The molecule has 0 aliphatic heterocycles. The largest absolute Gasteiger partial charge is 0.495 e. The lowest BCUT2D eigenvalue weighted by atomic mass is 10.2. The third-order valence-electron chi connectivity index (χ3n) is 3.37. The number of carbonyl (C=O) groups excluding carboxylic acids is 1. The second-order valence-corrected chi connectivity index (χ2v) is 6.38. The second-order valence-electron chi connectivity index (χ2n) is 5.07. The van der Waals surface area contributed by atoms with Crippen LogP contribution < -0.4 is 15.4 Å². The molecule has 0 aliphatic rings. The fourth-order valence-electron chi connectivity index (χ4n) is 2.18. The molecule has 134 valence electrons. The number of rotatable bonds is 5. The van der Waals surface area contributed by atoms with Crippen molar-refractivity contribution in [1.29, 1.82) is 0 Å². The van der Waals surface area contributed by atoms with Crippen LogP contribution in [0.5, 0.6) is 5.75 Å². The molecule has 2 aromatic carbocycles. The molecule has 0 bridgehead atoms. The van der Waals surface area contributed by atoms with E-state index in [0.29, 0.717) is 22.4 Å². The van der Waals surface area contributed by atoms with Gasteiger partial charge >= 0.3 is 12.0 Å². The summed E-state index contributed by atoms with van der Waals surface area (Å²) in [7, 11) is 1.50. The molecule has 9 heteroatoms. The summed E-state index contributed by atoms with van der Waals surface area (Å²) in [6.45, 7) is 0. The van der Waals surface area contributed by atoms with E-state index in [1.807, 2.05) is 30.5 Å². The van der Waals surface area contributed by atoms with Crippen LogP contribution in [0.3, 0.4) is 0 Å². The van der Waals surface area contributed by atoms with E-state index in [2.05, 4.69) is 20.8 Å². The number of benzene rings is 2. The van der Waals surface area contributed by atoms with Crippen LogP contribution in [0.25, 0.3) is 11.5 Å². The zero-order valence-electron chi connectivity index (χ0n) is 13.9. The number of ether oxygens (including phenoxy) is 1. The van der Waals surface area contributed by atoms with Gasteiger partial charge in [0.25, 0.3) is 0 Å². The highest BCUT2D eigenvalue weighted by molar-refractivity contribution is 7.98. The topological polar surface area (TPSA) is 89.3 Å². The summed E-state index contributed by atoms with van der Waals surface area (Å²) in [5.74, 6) is 0.793. The number of aromatic nitrogens is 2. The van der Waals surface area contributed by atoms with Crippen LogP contribution in [0, 0.1) is 0 Å². The lowest BCUT2D eigenvalue weighted by Crippen LogP contribution is -2.20. The molecule has 0 radical (unpaired) electrons. The fraction of sp³-hybridized carbons (Fsp3) is 0.118. The van der Waals surface area contributed by atoms with Crippen molar-refractivity contribution in [2.24, 2.45) is 0 Å². The molecule has 0 fully saturated rings. The smallest absolute Gasteiger partial charge is 0.327 e. The van der Waals surface area contributed by atoms with E-state index in [-0.39, 0.29) is 6.01 Å². The number of nitrogens with zero attached hydrogens (tertiary/aromatic N) is 2. The Labute approximate surface area is 159 Å². The van der Waals surface area contributed by atoms with Crippen LogP contribution in [0.1, 0.15) is 0 Å². The highest BCUT2D eigenvalue weighted by Crippen LogP contribution is 2.28. The summed E-state index contributed by atoms with van der Waals surface area (Å²) >= 11 is 7.55. The molecule has 0 spiro atoms. The van der Waals surface area contributed by atoms with Gasteiger partial charge in [0.1, 0.15) is 5.75 Å². The molecule has 0 aliphatic carbocycles. The standard InChI is InChI=1S/C17H15ClN4O3S/c1-24-14-7-6-11(18)9-13(14)19-16(23)20-17-22-21-15(25-17)10-4-3-5-12(8-10)26-2/h3-9H,1-2H3,(H2,19,20,22,23). The number of methoxy groups -OCH3 is 1. The van der Waals surface area contributed by atoms with E-state index in [1.54, 1.807) is 30.0 Å². The van der Waals surface area contributed by atoms with Gasteiger partial charge in [-0.15, -0.1) is 16.9 Å². The van der Waals surface area contributed by atoms with Crippen molar-refractivity contribution >= 4 is 41.1 Å². The summed E-state index contributed by atoms with van der Waals surface area (Å²) in [5, 5.41) is 13.4. The van der Waals surface area contributed by atoms with Crippen LogP contribution in [0.2, 0.25) is 5.02 Å². The SMILES string of the molecule is COc1ccc(Cl)cc1NC(=O)Nc1nnc(-c2cccc(SC)c2)o1. The molecule has 3 aromatic rings. The summed E-state index contributed by atoms with van der Waals surface area (Å²) in [6.07, 6.45) is 1.98. The molecular weight excluding hydrogens is 376 g/mol. The van der Waals surface area contributed by atoms with Crippen LogP contribution >= 0.6 is 23.4 Å². The normalized spacial score (nSPS) is 10.4. The molecule has 0 atom stereocenters. The maximum absolute atomic E-state index is 12.2. The number of halogens is 1. The average Bonchev–Trinajstić information content (AvgIpc) is 3.10. The van der Waals surface area contributed by atoms with E-state index >= 15 is 0 Å². The van der Waals surface area contributed by atoms with E-state index in [9.17, 15) is 4.79 Å². The predicted octanol–water partition coefficient (Wildman–Crippen LogP) is 4.76. The Balaban J connectivity index is 1.71. The Morgan fingerprint density at radius 2 is 2.04 bits per heavy atom. The van der Waals surface area contributed by atoms with Crippen LogP contribution in [0.4, 0.5) is 16.5 Å². The monoisotopic (exact) mass is 390 g/mol. The van der Waals surface area contributed by atoms with Crippen LogP contribution in [-0.2, 0) is 0 Å².